The quantitative estimate of drug-likeness (QED) is 0.195. The van der Waals surface area contributed by atoms with E-state index in [1.165, 1.54) is 22.7 Å². The van der Waals surface area contributed by atoms with Crippen molar-refractivity contribution in [1.82, 2.24) is 10.2 Å². The average Bonchev–Trinajstić information content (AvgIpc) is 3.51. The second kappa shape index (κ2) is 11.6. The van der Waals surface area contributed by atoms with Gasteiger partial charge in [0.2, 0.25) is 10.9 Å². The number of methoxy groups -OCH3 is 1. The highest BCUT2D eigenvalue weighted by molar-refractivity contribution is 7.15. The number of nitrogens with zero attached hydrogens (tertiary/aromatic N) is 3. The number of aromatic nitrogens is 2. The first-order valence-electron chi connectivity index (χ1n) is 13.5. The molecule has 0 fully saturated rings. The summed E-state index contributed by atoms with van der Waals surface area (Å²) in [6, 6.07) is 10.2. The van der Waals surface area contributed by atoms with Crippen molar-refractivity contribution >= 4 is 33.3 Å². The van der Waals surface area contributed by atoms with E-state index in [9.17, 15) is 9.59 Å². The van der Waals surface area contributed by atoms with Crippen LogP contribution in [0.2, 0.25) is 0 Å². The Morgan fingerprint density at radius 2 is 1.85 bits per heavy atom. The summed E-state index contributed by atoms with van der Waals surface area (Å²) in [5.41, 5.74) is 2.07. The zero-order chi connectivity index (χ0) is 27.5. The molecule has 9 heteroatoms. The Hall–Kier alpha value is -3.72. The summed E-state index contributed by atoms with van der Waals surface area (Å²) in [5.74, 6) is 0.776. The summed E-state index contributed by atoms with van der Waals surface area (Å²) in [5, 5.41) is 10.3. The monoisotopic (exact) mass is 547 g/mol. The molecule has 1 atom stereocenters. The first kappa shape index (κ1) is 26.9. The Kier molecular flexibility index (Phi) is 7.97. The summed E-state index contributed by atoms with van der Waals surface area (Å²) in [7, 11) is 1.58. The van der Waals surface area contributed by atoms with Crippen LogP contribution in [0, 0.1) is 6.92 Å². The molecule has 0 saturated carbocycles. The van der Waals surface area contributed by atoms with E-state index < -0.39 is 11.9 Å². The van der Waals surface area contributed by atoms with Gasteiger partial charge in [-0.3, -0.25) is 14.5 Å². The van der Waals surface area contributed by atoms with Crippen molar-refractivity contribution in [3.8, 4) is 11.5 Å². The molecular weight excluding hydrogens is 514 g/mol. The van der Waals surface area contributed by atoms with E-state index in [1.54, 1.807) is 19.2 Å². The van der Waals surface area contributed by atoms with Gasteiger partial charge in [-0.1, -0.05) is 62.1 Å². The number of rotatable bonds is 11. The van der Waals surface area contributed by atoms with Gasteiger partial charge in [0.05, 0.1) is 30.7 Å². The van der Waals surface area contributed by atoms with E-state index >= 15 is 0 Å². The second-order valence-corrected chi connectivity index (χ2v) is 10.8. The number of carbonyl (C=O) groups is 1. The first-order chi connectivity index (χ1) is 19.0. The van der Waals surface area contributed by atoms with Crippen LogP contribution in [0.1, 0.15) is 84.2 Å². The molecule has 0 spiro atoms. The third kappa shape index (κ3) is 5.15. The van der Waals surface area contributed by atoms with Gasteiger partial charge in [-0.2, -0.15) is 0 Å². The van der Waals surface area contributed by atoms with E-state index in [-0.39, 0.29) is 11.2 Å². The minimum absolute atomic E-state index is 0.0313. The van der Waals surface area contributed by atoms with Gasteiger partial charge in [0, 0.05) is 6.42 Å². The highest BCUT2D eigenvalue weighted by Gasteiger charge is 2.45. The van der Waals surface area contributed by atoms with Crippen LogP contribution in [0.3, 0.4) is 0 Å². The molecule has 2 aromatic carbocycles. The Labute approximate surface area is 231 Å². The fraction of sp³-hybridized carbons (Fsp3) is 0.400. The third-order valence-corrected chi connectivity index (χ3v) is 7.89. The van der Waals surface area contributed by atoms with E-state index in [4.69, 9.17) is 13.9 Å². The summed E-state index contributed by atoms with van der Waals surface area (Å²) in [4.78, 5) is 29.3. The smallest absolute Gasteiger partial charge is 0.297 e. The number of ether oxygens (including phenoxy) is 2. The molecule has 1 unspecified atom stereocenters. The molecule has 0 bridgehead atoms. The van der Waals surface area contributed by atoms with Gasteiger partial charge in [-0.05, 0) is 49.6 Å². The number of hydrogen-bond acceptors (Lipinski definition) is 8. The average molecular weight is 548 g/mol. The molecule has 5 rings (SSSR count). The molecule has 0 aliphatic carbocycles. The predicted molar refractivity (Wildman–Crippen MR) is 152 cm³/mol. The van der Waals surface area contributed by atoms with E-state index in [0.29, 0.717) is 45.3 Å². The van der Waals surface area contributed by atoms with Crippen molar-refractivity contribution in [2.45, 2.75) is 65.3 Å². The van der Waals surface area contributed by atoms with E-state index in [0.717, 1.165) is 42.7 Å². The molecule has 0 radical (unpaired) electrons. The number of amides is 1. The van der Waals surface area contributed by atoms with Crippen LogP contribution >= 0.6 is 11.3 Å². The van der Waals surface area contributed by atoms with Crippen molar-refractivity contribution in [2.75, 3.05) is 18.6 Å². The maximum absolute atomic E-state index is 13.9. The van der Waals surface area contributed by atoms with Crippen LogP contribution in [-0.4, -0.2) is 29.8 Å². The third-order valence-electron chi connectivity index (χ3n) is 6.91. The van der Waals surface area contributed by atoms with E-state index in [1.807, 2.05) is 31.2 Å². The number of benzene rings is 2. The summed E-state index contributed by atoms with van der Waals surface area (Å²) in [6.45, 7) is 6.75. The van der Waals surface area contributed by atoms with Gasteiger partial charge in [0.1, 0.15) is 10.6 Å². The maximum atomic E-state index is 13.9. The summed E-state index contributed by atoms with van der Waals surface area (Å²) in [6.07, 6.45) is 6.07. The lowest BCUT2D eigenvalue weighted by Crippen LogP contribution is -2.29. The predicted octanol–water partition coefficient (Wildman–Crippen LogP) is 6.62. The molecule has 3 heterocycles. The molecule has 204 valence electrons. The Morgan fingerprint density at radius 1 is 1.00 bits per heavy atom. The standard InChI is InChI=1S/C30H33N3O5S/c1-5-7-8-9-15-37-22-14-12-19(17-23(22)36-4)26-25-27(34)20-16-18(3)11-13-21(20)38-28(25)29(35)33(26)30-32-31-24(39-30)10-6-2/h11-14,16-17,26H,5-10,15H2,1-4H3. The van der Waals surface area contributed by atoms with Crippen molar-refractivity contribution in [3.63, 3.8) is 0 Å². The van der Waals surface area contributed by atoms with Crippen molar-refractivity contribution in [1.29, 1.82) is 0 Å². The number of anilines is 1. The van der Waals surface area contributed by atoms with Crippen molar-refractivity contribution in [3.05, 3.63) is 74.1 Å². The number of hydrogen-bond donors (Lipinski definition) is 0. The van der Waals surface area contributed by atoms with Crippen molar-refractivity contribution < 1.29 is 18.7 Å². The van der Waals surface area contributed by atoms with Crippen LogP contribution in [-0.2, 0) is 6.42 Å². The molecule has 2 aromatic heterocycles. The number of unbranched alkanes of at least 4 members (excludes halogenated alkanes) is 3. The van der Waals surface area contributed by atoms with Crippen molar-refractivity contribution in [2.24, 2.45) is 0 Å². The fourth-order valence-corrected chi connectivity index (χ4v) is 5.91. The van der Waals surface area contributed by atoms with Gasteiger partial charge >= 0.3 is 0 Å². The Morgan fingerprint density at radius 3 is 2.62 bits per heavy atom. The van der Waals surface area contributed by atoms with Gasteiger partial charge in [-0.25, -0.2) is 0 Å². The van der Waals surface area contributed by atoms with Crippen LogP contribution in [0.25, 0.3) is 11.0 Å². The largest absolute Gasteiger partial charge is 0.493 e. The van der Waals surface area contributed by atoms with Crippen LogP contribution in [0.15, 0.2) is 45.6 Å². The molecular formula is C30H33N3O5S. The molecule has 0 saturated heterocycles. The van der Waals surface area contributed by atoms with Crippen LogP contribution < -0.4 is 19.8 Å². The molecule has 8 nitrogen and oxygen atoms in total. The minimum atomic E-state index is -0.747. The summed E-state index contributed by atoms with van der Waals surface area (Å²) < 4.78 is 17.8. The molecule has 0 N–H and O–H groups in total. The zero-order valence-electron chi connectivity index (χ0n) is 22.8. The lowest BCUT2D eigenvalue weighted by Gasteiger charge is -2.23. The van der Waals surface area contributed by atoms with Crippen LogP contribution in [0.4, 0.5) is 5.13 Å². The Bertz CT molecular complexity index is 1560. The Balaban J connectivity index is 1.61. The number of aryl methyl sites for hydroxylation is 2. The van der Waals surface area contributed by atoms with Crippen LogP contribution in [0.5, 0.6) is 11.5 Å². The lowest BCUT2D eigenvalue weighted by molar-refractivity contribution is 0.0970. The van der Waals surface area contributed by atoms with Gasteiger partial charge < -0.3 is 13.9 Å². The summed E-state index contributed by atoms with van der Waals surface area (Å²) >= 11 is 1.35. The zero-order valence-corrected chi connectivity index (χ0v) is 23.6. The van der Waals surface area contributed by atoms with Gasteiger partial charge in [0.25, 0.3) is 5.91 Å². The minimum Gasteiger partial charge on any atom is -0.493 e. The fourth-order valence-electron chi connectivity index (χ4n) is 4.94. The molecule has 39 heavy (non-hydrogen) atoms. The van der Waals surface area contributed by atoms with Gasteiger partial charge in [-0.15, -0.1) is 10.2 Å². The first-order valence-corrected chi connectivity index (χ1v) is 14.3. The lowest BCUT2D eigenvalue weighted by atomic mass is 9.98. The number of fused-ring (bicyclic) bond motifs is 2. The molecule has 1 aliphatic heterocycles. The second-order valence-electron chi connectivity index (χ2n) is 9.80. The normalized spacial score (nSPS) is 14.7. The SMILES string of the molecule is CCCCCCOc1ccc(C2c3c(oc4ccc(C)cc4c3=O)C(=O)N2c2nnc(CCC)s2)cc1OC. The van der Waals surface area contributed by atoms with E-state index in [2.05, 4.69) is 24.0 Å². The molecule has 1 amide bonds. The molecule has 1 aliphatic rings. The molecule has 4 aromatic rings. The topological polar surface area (TPSA) is 94.8 Å². The highest BCUT2D eigenvalue weighted by Crippen LogP contribution is 2.44. The highest BCUT2D eigenvalue weighted by atomic mass is 32.1. The van der Waals surface area contributed by atoms with Gasteiger partial charge in [0.15, 0.2) is 16.9 Å². The number of carbonyl (C=O) groups excluding carboxylic acids is 1. The maximum Gasteiger partial charge on any atom is 0.297 e.